The van der Waals surface area contributed by atoms with Crippen molar-refractivity contribution in [1.29, 1.82) is 0 Å². The maximum Gasteiger partial charge on any atom is 0.187 e. The zero-order chi connectivity index (χ0) is 40.8. The predicted molar refractivity (Wildman–Crippen MR) is 199 cm³/mol. The molecule has 0 radical (unpaired) electrons. The number of Topliss-reactive ketones (excluding diaryl/α,β-unsaturated/α-hetero) is 2. The molecular formula is C42H68O13. The van der Waals surface area contributed by atoms with E-state index in [9.17, 15) is 45.3 Å². The summed E-state index contributed by atoms with van der Waals surface area (Å²) in [5, 5.41) is 73.3. The molecule has 0 aromatic heterocycles. The number of allylic oxidation sites excluding steroid dienone is 1. The molecule has 0 bridgehead atoms. The molecule has 2 aliphatic heterocycles. The molecule has 2 saturated heterocycles. The van der Waals surface area contributed by atoms with Gasteiger partial charge in [-0.25, -0.2) is 0 Å². The average molecular weight is 781 g/mol. The molecule has 0 amide bonds. The van der Waals surface area contributed by atoms with Crippen LogP contribution in [0.1, 0.15) is 114 Å². The Balaban J connectivity index is 1.22. The summed E-state index contributed by atoms with van der Waals surface area (Å²) in [6.45, 7) is 17.3. The highest BCUT2D eigenvalue weighted by molar-refractivity contribution is 5.88. The lowest BCUT2D eigenvalue weighted by Crippen LogP contribution is -2.65. The van der Waals surface area contributed by atoms with Gasteiger partial charge in [-0.15, -0.1) is 0 Å². The number of hydrogen-bond acceptors (Lipinski definition) is 13. The van der Waals surface area contributed by atoms with Crippen molar-refractivity contribution in [2.24, 2.45) is 45.3 Å². The van der Waals surface area contributed by atoms with Crippen LogP contribution in [0.4, 0.5) is 0 Å². The van der Waals surface area contributed by atoms with Crippen LogP contribution in [0.5, 0.6) is 0 Å². The van der Waals surface area contributed by atoms with Gasteiger partial charge < -0.3 is 54.7 Å². The Kier molecular flexibility index (Phi) is 11.8. The van der Waals surface area contributed by atoms with Gasteiger partial charge in [0, 0.05) is 23.7 Å². The smallest absolute Gasteiger partial charge is 0.187 e. The highest BCUT2D eigenvalue weighted by Crippen LogP contribution is 2.74. The second-order valence-electron chi connectivity index (χ2n) is 19.8. The summed E-state index contributed by atoms with van der Waals surface area (Å²) in [5.74, 6) is 0.796. The number of aliphatic hydroxyl groups is 7. The predicted octanol–water partition coefficient (Wildman–Crippen LogP) is 2.56. The Morgan fingerprint density at radius 1 is 0.909 bits per heavy atom. The molecule has 0 aromatic rings. The first-order valence-electron chi connectivity index (χ1n) is 20.6. The molecule has 2 heterocycles. The third kappa shape index (κ3) is 6.92. The number of carbonyl (C=O) groups excluding carboxylic acids is 2. The van der Waals surface area contributed by atoms with Crippen LogP contribution in [0, 0.1) is 45.3 Å². The molecule has 5 fully saturated rings. The quantitative estimate of drug-likeness (QED) is 0.159. The molecule has 6 rings (SSSR count). The molecule has 13 nitrogen and oxygen atoms in total. The van der Waals surface area contributed by atoms with Crippen LogP contribution in [-0.2, 0) is 28.5 Å². The summed E-state index contributed by atoms with van der Waals surface area (Å²) in [4.78, 5) is 27.4. The van der Waals surface area contributed by atoms with Crippen LogP contribution in [0.3, 0.4) is 0 Å². The second kappa shape index (κ2) is 15.0. The first-order chi connectivity index (χ1) is 25.4. The fourth-order valence-corrected chi connectivity index (χ4v) is 12.2. The summed E-state index contributed by atoms with van der Waals surface area (Å²) >= 11 is 0. The van der Waals surface area contributed by atoms with E-state index in [4.69, 9.17) is 18.9 Å². The number of rotatable bonds is 10. The number of ketones is 2. The van der Waals surface area contributed by atoms with Crippen LogP contribution >= 0.6 is 0 Å². The monoisotopic (exact) mass is 780 g/mol. The van der Waals surface area contributed by atoms with E-state index in [0.29, 0.717) is 37.9 Å². The van der Waals surface area contributed by atoms with Crippen molar-refractivity contribution < 1.29 is 64.3 Å². The van der Waals surface area contributed by atoms with Crippen LogP contribution in [0.2, 0.25) is 0 Å². The highest BCUT2D eigenvalue weighted by Gasteiger charge is 2.70. The van der Waals surface area contributed by atoms with E-state index in [-0.39, 0.29) is 40.3 Å². The standard InChI is InChI=1S/C42H68O13/c1-20(10-14-27(44)39(5,6)51)22-16-17-40(7)26-13-11-23-24(42(26,9)28(45)18-41(22,40)8)12-15-29(38(23,3)4)54-37-35(33(49)30(46)21(2)52-37)55-36-34(50)32(48)31(47)25(19-43)53-36/h11,20-22,24-26,29-37,43,46-51H,10,12-19H2,1-9H3. The average Bonchev–Trinajstić information content (AvgIpc) is 3.38. The number of carbonyl (C=O) groups is 2. The molecule has 18 unspecified atom stereocenters. The minimum atomic E-state index is -1.73. The van der Waals surface area contributed by atoms with Gasteiger partial charge in [0.05, 0.1) is 18.8 Å². The largest absolute Gasteiger partial charge is 0.394 e. The molecule has 7 N–H and O–H groups in total. The Bertz CT molecular complexity index is 1470. The Morgan fingerprint density at radius 2 is 1.58 bits per heavy atom. The lowest BCUT2D eigenvalue weighted by atomic mass is 9.38. The number of hydrogen-bond donors (Lipinski definition) is 7. The molecule has 0 spiro atoms. The van der Waals surface area contributed by atoms with Gasteiger partial charge in [-0.05, 0) is 93.8 Å². The van der Waals surface area contributed by atoms with Crippen molar-refractivity contribution in [2.45, 2.75) is 187 Å². The van der Waals surface area contributed by atoms with Crippen molar-refractivity contribution in [3.05, 3.63) is 11.6 Å². The van der Waals surface area contributed by atoms with Gasteiger partial charge in [-0.2, -0.15) is 0 Å². The number of ether oxygens (including phenoxy) is 4. The second-order valence-corrected chi connectivity index (χ2v) is 19.8. The van der Waals surface area contributed by atoms with Gasteiger partial charge in [-0.3, -0.25) is 9.59 Å². The van der Waals surface area contributed by atoms with E-state index in [1.165, 1.54) is 0 Å². The number of aliphatic hydroxyl groups excluding tert-OH is 6. The highest BCUT2D eigenvalue weighted by atomic mass is 16.8. The van der Waals surface area contributed by atoms with Gasteiger partial charge >= 0.3 is 0 Å². The van der Waals surface area contributed by atoms with Crippen LogP contribution < -0.4 is 0 Å². The molecule has 18 atom stereocenters. The summed E-state index contributed by atoms with van der Waals surface area (Å²) in [7, 11) is 0. The first kappa shape index (κ1) is 43.2. The summed E-state index contributed by atoms with van der Waals surface area (Å²) in [6.07, 6.45) is -6.75. The van der Waals surface area contributed by atoms with Gasteiger partial charge in [0.25, 0.3) is 0 Å². The van der Waals surface area contributed by atoms with Gasteiger partial charge in [0.1, 0.15) is 54.1 Å². The Labute approximate surface area is 325 Å². The third-order valence-corrected chi connectivity index (χ3v) is 16.1. The van der Waals surface area contributed by atoms with Gasteiger partial charge in [0.15, 0.2) is 18.4 Å². The maximum atomic E-state index is 14.8. The van der Waals surface area contributed by atoms with E-state index in [2.05, 4.69) is 47.6 Å². The molecular weight excluding hydrogens is 712 g/mol. The summed E-state index contributed by atoms with van der Waals surface area (Å²) in [6, 6.07) is 0. The molecule has 314 valence electrons. The minimum Gasteiger partial charge on any atom is -0.394 e. The van der Waals surface area contributed by atoms with Gasteiger partial charge in [-0.1, -0.05) is 53.2 Å². The molecule has 0 aromatic carbocycles. The first-order valence-corrected chi connectivity index (χ1v) is 20.6. The molecule has 6 aliphatic rings. The zero-order valence-electron chi connectivity index (χ0n) is 34.2. The van der Waals surface area contributed by atoms with Gasteiger partial charge in [0.2, 0.25) is 0 Å². The van der Waals surface area contributed by atoms with Crippen molar-refractivity contribution >= 4 is 11.6 Å². The molecule has 3 saturated carbocycles. The van der Waals surface area contributed by atoms with Crippen LogP contribution in [0.15, 0.2) is 11.6 Å². The molecule has 55 heavy (non-hydrogen) atoms. The molecule has 4 aliphatic carbocycles. The summed E-state index contributed by atoms with van der Waals surface area (Å²) < 4.78 is 24.3. The topological polar surface area (TPSA) is 213 Å². The molecule has 13 heteroatoms. The summed E-state index contributed by atoms with van der Waals surface area (Å²) in [5.41, 5.74) is -1.65. The van der Waals surface area contributed by atoms with Crippen LogP contribution in [0.25, 0.3) is 0 Å². The normalized spacial score (nSPS) is 49.0. The number of fused-ring (bicyclic) bond motifs is 5. The maximum absolute atomic E-state index is 14.8. The van der Waals surface area contributed by atoms with E-state index >= 15 is 0 Å². The van der Waals surface area contributed by atoms with Crippen molar-refractivity contribution in [1.82, 2.24) is 0 Å². The fraction of sp³-hybridized carbons (Fsp3) is 0.905. The van der Waals surface area contributed by atoms with E-state index in [1.54, 1.807) is 20.8 Å². The Hall–Kier alpha value is -1.36. The Morgan fingerprint density at radius 3 is 2.22 bits per heavy atom. The van der Waals surface area contributed by atoms with E-state index in [1.807, 2.05) is 0 Å². The lowest BCUT2D eigenvalue weighted by Gasteiger charge is -2.65. The lowest BCUT2D eigenvalue weighted by molar-refractivity contribution is -0.372. The SMILES string of the molecule is CC(CCC(=O)C(C)(C)O)C1CCC2(C)C3CC=C4C(CCC(OC5OC(C)C(O)C(O)C5OC5OC(CO)C(O)C(O)C5O)C4(C)C)C3(C)C(=O)CC12C. The van der Waals surface area contributed by atoms with Crippen molar-refractivity contribution in [3.8, 4) is 0 Å². The van der Waals surface area contributed by atoms with E-state index in [0.717, 1.165) is 24.8 Å². The fourth-order valence-electron chi connectivity index (χ4n) is 12.2. The van der Waals surface area contributed by atoms with Crippen molar-refractivity contribution in [2.75, 3.05) is 6.61 Å². The van der Waals surface area contributed by atoms with Crippen molar-refractivity contribution in [3.63, 3.8) is 0 Å². The zero-order valence-corrected chi connectivity index (χ0v) is 34.2. The third-order valence-electron chi connectivity index (χ3n) is 16.1. The van der Waals surface area contributed by atoms with E-state index < -0.39 is 90.6 Å². The van der Waals surface area contributed by atoms with Crippen LogP contribution in [-0.4, -0.2) is 127 Å². The minimum absolute atomic E-state index is 0.00405.